The van der Waals surface area contributed by atoms with E-state index in [4.69, 9.17) is 0 Å². The zero-order chi connectivity index (χ0) is 18.1. The molecule has 0 N–H and O–H groups in total. The highest BCUT2D eigenvalue weighted by Crippen LogP contribution is 2.27. The minimum atomic E-state index is 0.314. The maximum atomic E-state index is 11.1. The van der Waals surface area contributed by atoms with E-state index in [9.17, 15) is 9.59 Å². The Hall–Kier alpha value is -0.740. The third-order valence-corrected chi connectivity index (χ3v) is 6.20. The molecule has 0 saturated carbocycles. The summed E-state index contributed by atoms with van der Waals surface area (Å²) in [4.78, 5) is 27.1. The van der Waals surface area contributed by atoms with Gasteiger partial charge in [0.25, 0.3) is 0 Å². The molecule has 4 heteroatoms. The molecule has 0 radical (unpaired) electrons. The summed E-state index contributed by atoms with van der Waals surface area (Å²) in [5.74, 6) is 2.44. The first-order valence-corrected chi connectivity index (χ1v) is 10.5. The number of hydrogen-bond acceptors (Lipinski definition) is 4. The Kier molecular flexibility index (Phi) is 9.11. The van der Waals surface area contributed by atoms with Crippen LogP contribution in [-0.2, 0) is 9.59 Å². The lowest BCUT2D eigenvalue weighted by atomic mass is 9.87. The van der Waals surface area contributed by atoms with Gasteiger partial charge in [0.15, 0.2) is 0 Å². The zero-order valence-electron chi connectivity index (χ0n) is 16.5. The molecule has 2 heterocycles. The number of carbonyl (C=O) groups excluding carboxylic acids is 2. The first kappa shape index (κ1) is 20.6. The van der Waals surface area contributed by atoms with Crippen LogP contribution in [0, 0.1) is 11.8 Å². The average Bonchev–Trinajstić information content (AvgIpc) is 2.60. The summed E-state index contributed by atoms with van der Waals surface area (Å²) in [5.41, 5.74) is 0. The molecule has 2 aliphatic rings. The van der Waals surface area contributed by atoms with Gasteiger partial charge in [-0.1, -0.05) is 19.3 Å². The second-order valence-corrected chi connectivity index (χ2v) is 8.40. The smallest absolute Gasteiger partial charge is 0.131 e. The van der Waals surface area contributed by atoms with Crippen molar-refractivity contribution in [2.75, 3.05) is 39.3 Å². The topological polar surface area (TPSA) is 40.6 Å². The van der Waals surface area contributed by atoms with Crippen LogP contribution >= 0.6 is 0 Å². The van der Waals surface area contributed by atoms with Crippen LogP contribution in [0.4, 0.5) is 0 Å². The maximum absolute atomic E-state index is 11.1. The van der Waals surface area contributed by atoms with Crippen molar-refractivity contribution in [2.24, 2.45) is 11.8 Å². The molecule has 0 amide bonds. The van der Waals surface area contributed by atoms with Gasteiger partial charge < -0.3 is 9.80 Å². The number of ketones is 2. The summed E-state index contributed by atoms with van der Waals surface area (Å²) in [6.45, 7) is 10.1. The zero-order valence-corrected chi connectivity index (χ0v) is 16.5. The van der Waals surface area contributed by atoms with Crippen LogP contribution in [0.2, 0.25) is 0 Å². The van der Waals surface area contributed by atoms with Gasteiger partial charge in [-0.2, -0.15) is 0 Å². The molecular weight excluding hydrogens is 312 g/mol. The lowest BCUT2D eigenvalue weighted by Gasteiger charge is -2.33. The van der Waals surface area contributed by atoms with Gasteiger partial charge >= 0.3 is 0 Å². The summed E-state index contributed by atoms with van der Waals surface area (Å²) < 4.78 is 0. The summed E-state index contributed by atoms with van der Waals surface area (Å²) in [7, 11) is 0. The van der Waals surface area contributed by atoms with Gasteiger partial charge in [-0.15, -0.1) is 0 Å². The summed E-state index contributed by atoms with van der Waals surface area (Å²) >= 11 is 0. The lowest BCUT2D eigenvalue weighted by Crippen LogP contribution is -2.35. The van der Waals surface area contributed by atoms with Crippen LogP contribution in [0.15, 0.2) is 0 Å². The quantitative estimate of drug-likeness (QED) is 0.604. The van der Waals surface area contributed by atoms with E-state index in [-0.39, 0.29) is 0 Å². The van der Waals surface area contributed by atoms with Gasteiger partial charge in [0.05, 0.1) is 0 Å². The second kappa shape index (κ2) is 11.1. The molecule has 144 valence electrons. The van der Waals surface area contributed by atoms with E-state index in [2.05, 4.69) is 9.80 Å². The molecule has 0 aromatic heterocycles. The Labute approximate surface area is 154 Å². The molecule has 0 aromatic carbocycles. The van der Waals surface area contributed by atoms with Crippen LogP contribution in [0.25, 0.3) is 0 Å². The average molecular weight is 351 g/mol. The van der Waals surface area contributed by atoms with Crippen molar-refractivity contribution in [1.82, 2.24) is 9.80 Å². The highest BCUT2D eigenvalue weighted by molar-refractivity contribution is 5.75. The van der Waals surface area contributed by atoms with Crippen molar-refractivity contribution >= 4 is 11.6 Å². The Morgan fingerprint density at radius 3 is 1.40 bits per heavy atom. The van der Waals surface area contributed by atoms with Crippen molar-refractivity contribution in [3.8, 4) is 0 Å². The monoisotopic (exact) mass is 350 g/mol. The molecule has 0 aromatic rings. The highest BCUT2D eigenvalue weighted by atomic mass is 16.1. The summed E-state index contributed by atoms with van der Waals surface area (Å²) in [6.07, 6.45) is 10.9. The molecule has 2 fully saturated rings. The predicted octanol–water partition coefficient (Wildman–Crippen LogP) is 3.54. The molecule has 4 nitrogen and oxygen atoms in total. The Morgan fingerprint density at radius 1 is 0.720 bits per heavy atom. The fourth-order valence-corrected chi connectivity index (χ4v) is 4.32. The molecule has 2 aliphatic heterocycles. The third-order valence-electron chi connectivity index (χ3n) is 6.20. The number of carbonyl (C=O) groups is 2. The second-order valence-electron chi connectivity index (χ2n) is 8.40. The number of hydrogen-bond donors (Lipinski definition) is 0. The van der Waals surface area contributed by atoms with Gasteiger partial charge in [0.1, 0.15) is 11.6 Å². The van der Waals surface area contributed by atoms with Gasteiger partial charge in [0.2, 0.25) is 0 Å². The van der Waals surface area contributed by atoms with Gasteiger partial charge in [-0.25, -0.2) is 0 Å². The summed E-state index contributed by atoms with van der Waals surface area (Å²) in [5, 5.41) is 0. The van der Waals surface area contributed by atoms with E-state index in [0.717, 1.165) is 37.8 Å². The standard InChI is InChI=1S/C21H38N2O2/c1-18(24)6-12-22-14-8-20(9-15-22)4-3-5-21-10-16-23(17-11-21)13-7-19(2)25/h20-21H,3-17H2,1-2H3. The fourth-order valence-electron chi connectivity index (χ4n) is 4.32. The van der Waals surface area contributed by atoms with E-state index >= 15 is 0 Å². The van der Waals surface area contributed by atoms with Crippen molar-refractivity contribution < 1.29 is 9.59 Å². The van der Waals surface area contributed by atoms with Gasteiger partial charge in [0, 0.05) is 25.9 Å². The normalized spacial score (nSPS) is 21.5. The van der Waals surface area contributed by atoms with Crippen LogP contribution in [-0.4, -0.2) is 60.6 Å². The Morgan fingerprint density at radius 2 is 1.08 bits per heavy atom. The van der Waals surface area contributed by atoms with Crippen molar-refractivity contribution in [2.45, 2.75) is 71.6 Å². The Bertz CT molecular complexity index is 370. The molecule has 25 heavy (non-hydrogen) atoms. The number of Topliss-reactive ketones (excluding diaryl/α,β-unsaturated/α-hetero) is 2. The molecule has 0 bridgehead atoms. The predicted molar refractivity (Wildman–Crippen MR) is 103 cm³/mol. The molecule has 2 rings (SSSR count). The van der Waals surface area contributed by atoms with Crippen molar-refractivity contribution in [1.29, 1.82) is 0 Å². The molecule has 2 saturated heterocycles. The number of piperidine rings is 2. The first-order valence-electron chi connectivity index (χ1n) is 10.5. The van der Waals surface area contributed by atoms with E-state index in [1.165, 1.54) is 71.1 Å². The van der Waals surface area contributed by atoms with E-state index in [1.54, 1.807) is 13.8 Å². The molecule has 0 atom stereocenters. The lowest BCUT2D eigenvalue weighted by molar-refractivity contribution is -0.118. The largest absolute Gasteiger partial charge is 0.303 e. The summed E-state index contributed by atoms with van der Waals surface area (Å²) in [6, 6.07) is 0. The molecule has 0 unspecified atom stereocenters. The SMILES string of the molecule is CC(=O)CCN1CCC(CCCC2CCN(CCC(C)=O)CC2)CC1. The number of nitrogens with zero attached hydrogens (tertiary/aromatic N) is 2. The molecule has 0 spiro atoms. The molecule has 0 aliphatic carbocycles. The number of likely N-dealkylation sites (tertiary alicyclic amines) is 2. The van der Waals surface area contributed by atoms with Gasteiger partial charge in [-0.05, 0) is 77.5 Å². The first-order chi connectivity index (χ1) is 12.0. The fraction of sp³-hybridized carbons (Fsp3) is 0.905. The minimum Gasteiger partial charge on any atom is -0.303 e. The van der Waals surface area contributed by atoms with E-state index in [1.807, 2.05) is 0 Å². The maximum Gasteiger partial charge on any atom is 0.131 e. The highest BCUT2D eigenvalue weighted by Gasteiger charge is 2.21. The molecular formula is C21H38N2O2. The van der Waals surface area contributed by atoms with Crippen LogP contribution < -0.4 is 0 Å². The Balaban J connectivity index is 1.50. The van der Waals surface area contributed by atoms with Crippen LogP contribution in [0.3, 0.4) is 0 Å². The van der Waals surface area contributed by atoms with Crippen molar-refractivity contribution in [3.63, 3.8) is 0 Å². The minimum absolute atomic E-state index is 0.314. The third kappa shape index (κ3) is 8.46. The van der Waals surface area contributed by atoms with Gasteiger partial charge in [-0.3, -0.25) is 9.59 Å². The van der Waals surface area contributed by atoms with Crippen LogP contribution in [0.1, 0.15) is 71.6 Å². The van der Waals surface area contributed by atoms with E-state index < -0.39 is 0 Å². The van der Waals surface area contributed by atoms with Crippen LogP contribution in [0.5, 0.6) is 0 Å². The van der Waals surface area contributed by atoms with Crippen molar-refractivity contribution in [3.05, 3.63) is 0 Å². The number of rotatable bonds is 10. The van der Waals surface area contributed by atoms with E-state index in [0.29, 0.717) is 11.6 Å².